The van der Waals surface area contributed by atoms with Gasteiger partial charge in [-0.2, -0.15) is 16.8 Å². The summed E-state index contributed by atoms with van der Waals surface area (Å²) in [6.07, 6.45) is 1.47. The number of hydrogen-bond donors (Lipinski definition) is 3. The smallest absolute Gasteiger partial charge is 0.294 e. The van der Waals surface area contributed by atoms with E-state index in [9.17, 15) is 16.8 Å². The molecule has 174 valence electrons. The van der Waals surface area contributed by atoms with E-state index < -0.39 is 20.2 Å². The molecule has 33 heavy (non-hydrogen) atoms. The van der Waals surface area contributed by atoms with Crippen molar-refractivity contribution in [1.82, 2.24) is 9.97 Å². The van der Waals surface area contributed by atoms with Crippen molar-refractivity contribution in [3.8, 4) is 0 Å². The third-order valence-electron chi connectivity index (χ3n) is 4.21. The topological polar surface area (TPSA) is 161 Å². The van der Waals surface area contributed by atoms with Crippen molar-refractivity contribution >= 4 is 37.0 Å². The summed E-state index contributed by atoms with van der Waals surface area (Å²) >= 11 is 0. The Kier molecular flexibility index (Phi) is 8.60. The molecule has 11 heteroatoms. The van der Waals surface area contributed by atoms with Gasteiger partial charge in [-0.05, 0) is 50.2 Å². The summed E-state index contributed by atoms with van der Waals surface area (Å²) in [5, 5.41) is 0.912. The van der Waals surface area contributed by atoms with Gasteiger partial charge < -0.3 is 5.73 Å². The van der Waals surface area contributed by atoms with E-state index >= 15 is 0 Å². The Morgan fingerprint density at radius 2 is 1.09 bits per heavy atom. The molecule has 4 rings (SSSR count). The summed E-state index contributed by atoms with van der Waals surface area (Å²) in [5.74, 6) is 0.538. The summed E-state index contributed by atoms with van der Waals surface area (Å²) in [6.45, 7) is 3.68. The first kappa shape index (κ1) is 25.9. The third-order valence-corrected chi connectivity index (χ3v) is 5.95. The van der Waals surface area contributed by atoms with Crippen LogP contribution in [0.2, 0.25) is 0 Å². The molecule has 0 saturated heterocycles. The van der Waals surface area contributed by atoms with Crippen LogP contribution in [0.4, 0.5) is 5.82 Å². The average Bonchev–Trinajstić information content (AvgIpc) is 2.74. The molecule has 4 aromatic rings. The molecule has 0 amide bonds. The minimum Gasteiger partial charge on any atom is -0.383 e. The molecule has 1 aromatic heterocycles. The number of benzene rings is 3. The lowest BCUT2D eigenvalue weighted by atomic mass is 10.2. The molecule has 0 bridgehead atoms. The standard InChI is InChI=1S/C8H7N3.2C7H8O3S/c9-8-6-3-1-2-4-7(6)10-5-11-8;2*1-6-2-4-7(5-3-6)11(8,9)10/h1-5H,(H2,9,10,11);2*2-5H,1H3,(H,8,9,10). The predicted octanol–water partition coefficient (Wildman–Crippen LogP) is 3.70. The highest BCUT2D eigenvalue weighted by molar-refractivity contribution is 7.86. The minimum atomic E-state index is -4.02. The van der Waals surface area contributed by atoms with Crippen molar-refractivity contribution in [1.29, 1.82) is 0 Å². The maximum atomic E-state index is 10.5. The number of aromatic nitrogens is 2. The fraction of sp³-hybridized carbons (Fsp3) is 0.0909. The van der Waals surface area contributed by atoms with Crippen molar-refractivity contribution in [3.63, 3.8) is 0 Å². The number of rotatable bonds is 2. The van der Waals surface area contributed by atoms with Gasteiger partial charge in [0.05, 0.1) is 15.3 Å². The van der Waals surface area contributed by atoms with Gasteiger partial charge in [-0.3, -0.25) is 9.11 Å². The Morgan fingerprint density at radius 3 is 1.48 bits per heavy atom. The molecule has 0 aliphatic heterocycles. The van der Waals surface area contributed by atoms with Crippen molar-refractivity contribution in [2.24, 2.45) is 0 Å². The van der Waals surface area contributed by atoms with Crippen LogP contribution >= 0.6 is 0 Å². The fourth-order valence-electron chi connectivity index (χ4n) is 2.45. The zero-order chi connectivity index (χ0) is 24.6. The molecule has 9 nitrogen and oxygen atoms in total. The Bertz CT molecular complexity index is 1340. The molecular formula is C22H23N3O6S2. The van der Waals surface area contributed by atoms with Crippen molar-refractivity contribution < 1.29 is 25.9 Å². The summed E-state index contributed by atoms with van der Waals surface area (Å²) in [7, 11) is -8.04. The quantitative estimate of drug-likeness (QED) is 0.357. The normalized spacial score (nSPS) is 11.0. The lowest BCUT2D eigenvalue weighted by Crippen LogP contribution is -1.96. The highest BCUT2D eigenvalue weighted by atomic mass is 32.2. The van der Waals surface area contributed by atoms with Gasteiger partial charge in [-0.1, -0.05) is 47.5 Å². The van der Waals surface area contributed by atoms with E-state index in [1.165, 1.54) is 30.6 Å². The summed E-state index contributed by atoms with van der Waals surface area (Å²) in [5.41, 5.74) is 8.41. The molecule has 0 spiro atoms. The van der Waals surface area contributed by atoms with E-state index in [0.29, 0.717) is 5.82 Å². The summed E-state index contributed by atoms with van der Waals surface area (Å²) < 4.78 is 59.1. The molecule has 4 N–H and O–H groups in total. The number of nitrogens with two attached hydrogens (primary N) is 1. The van der Waals surface area contributed by atoms with Gasteiger partial charge >= 0.3 is 0 Å². The SMILES string of the molecule is Cc1ccc(S(=O)(=O)O)cc1.Cc1ccc(S(=O)(=O)O)cc1.Nc1ncnc2ccccc12. The van der Waals surface area contributed by atoms with Gasteiger partial charge in [-0.15, -0.1) is 0 Å². The number of anilines is 1. The zero-order valence-corrected chi connectivity index (χ0v) is 19.5. The molecule has 3 aromatic carbocycles. The fourth-order valence-corrected chi connectivity index (χ4v) is 3.41. The van der Waals surface area contributed by atoms with Crippen LogP contribution in [0.3, 0.4) is 0 Å². The van der Waals surface area contributed by atoms with E-state index in [1.54, 1.807) is 24.3 Å². The molecule has 0 aliphatic rings. The highest BCUT2D eigenvalue weighted by Gasteiger charge is 2.07. The molecule has 0 unspecified atom stereocenters. The van der Waals surface area contributed by atoms with E-state index in [2.05, 4.69) is 9.97 Å². The average molecular weight is 490 g/mol. The largest absolute Gasteiger partial charge is 0.383 e. The van der Waals surface area contributed by atoms with Gasteiger partial charge in [0.15, 0.2) is 0 Å². The molecule has 0 fully saturated rings. The number of para-hydroxylation sites is 1. The van der Waals surface area contributed by atoms with Crippen LogP contribution in [-0.2, 0) is 20.2 Å². The van der Waals surface area contributed by atoms with Gasteiger partial charge in [0, 0.05) is 5.39 Å². The first-order valence-corrected chi connectivity index (χ1v) is 12.3. The molecule has 1 heterocycles. The summed E-state index contributed by atoms with van der Waals surface area (Å²) in [6, 6.07) is 19.6. The number of nitrogens with zero attached hydrogens (tertiary/aromatic N) is 2. The van der Waals surface area contributed by atoms with Crippen molar-refractivity contribution in [3.05, 3.63) is 90.3 Å². The highest BCUT2D eigenvalue weighted by Crippen LogP contribution is 2.14. The number of aryl methyl sites for hydroxylation is 2. The van der Waals surface area contributed by atoms with Gasteiger partial charge in [0.25, 0.3) is 20.2 Å². The molecule has 0 atom stereocenters. The second-order valence-corrected chi connectivity index (χ2v) is 9.70. The molecule has 0 radical (unpaired) electrons. The number of hydrogen-bond acceptors (Lipinski definition) is 7. The lowest BCUT2D eigenvalue weighted by Gasteiger charge is -1.96. The molecule has 0 aliphatic carbocycles. The Balaban J connectivity index is 0.000000175. The first-order chi connectivity index (χ1) is 15.4. The second-order valence-electron chi connectivity index (χ2n) is 6.85. The maximum Gasteiger partial charge on any atom is 0.294 e. The van der Waals surface area contributed by atoms with Crippen LogP contribution in [0.25, 0.3) is 10.9 Å². The number of fused-ring (bicyclic) bond motifs is 1. The molecular weight excluding hydrogens is 466 g/mol. The third kappa shape index (κ3) is 8.24. The van der Waals surface area contributed by atoms with Crippen LogP contribution in [0, 0.1) is 13.8 Å². The van der Waals surface area contributed by atoms with Gasteiger partial charge in [0.1, 0.15) is 12.1 Å². The van der Waals surface area contributed by atoms with Crippen LogP contribution in [0.1, 0.15) is 11.1 Å². The van der Waals surface area contributed by atoms with Crippen LogP contribution in [0.5, 0.6) is 0 Å². The zero-order valence-electron chi connectivity index (χ0n) is 17.8. The van der Waals surface area contributed by atoms with Crippen molar-refractivity contribution in [2.75, 3.05) is 5.73 Å². The van der Waals surface area contributed by atoms with Crippen molar-refractivity contribution in [2.45, 2.75) is 23.6 Å². The van der Waals surface area contributed by atoms with E-state index in [4.69, 9.17) is 14.8 Å². The summed E-state index contributed by atoms with van der Waals surface area (Å²) in [4.78, 5) is 7.79. The van der Waals surface area contributed by atoms with Crippen LogP contribution < -0.4 is 5.73 Å². The van der Waals surface area contributed by atoms with Crippen LogP contribution in [-0.4, -0.2) is 35.9 Å². The van der Waals surface area contributed by atoms with Gasteiger partial charge in [0.2, 0.25) is 0 Å². The van der Waals surface area contributed by atoms with E-state index in [1.807, 2.05) is 38.1 Å². The maximum absolute atomic E-state index is 10.5. The second kappa shape index (κ2) is 11.0. The molecule has 0 saturated carbocycles. The van der Waals surface area contributed by atoms with Crippen LogP contribution in [0.15, 0.2) is 88.9 Å². The lowest BCUT2D eigenvalue weighted by molar-refractivity contribution is 0.481. The Hall–Kier alpha value is -3.38. The first-order valence-electron chi connectivity index (χ1n) is 9.41. The van der Waals surface area contributed by atoms with Gasteiger partial charge in [-0.25, -0.2) is 9.97 Å². The number of nitrogen functional groups attached to an aromatic ring is 1. The van der Waals surface area contributed by atoms with E-state index in [-0.39, 0.29) is 9.79 Å². The predicted molar refractivity (Wildman–Crippen MR) is 126 cm³/mol. The van der Waals surface area contributed by atoms with E-state index in [0.717, 1.165) is 22.0 Å². The minimum absolute atomic E-state index is 0.0666. The Labute approximate surface area is 192 Å². The Morgan fingerprint density at radius 1 is 0.667 bits per heavy atom. The monoisotopic (exact) mass is 489 g/mol.